The number of hydrogen-bond donors (Lipinski definition) is 1. The molecule has 1 N–H and O–H groups in total. The van der Waals surface area contributed by atoms with Gasteiger partial charge in [-0.1, -0.05) is 0 Å². The molecule has 33 heavy (non-hydrogen) atoms. The second-order valence-electron chi connectivity index (χ2n) is 7.45. The molecule has 1 saturated heterocycles. The average Bonchev–Trinajstić information content (AvgIpc) is 3.45. The number of aromatic nitrogens is 3. The van der Waals surface area contributed by atoms with Gasteiger partial charge in [-0.25, -0.2) is 18.7 Å². The molecule has 5 rings (SSSR count). The summed E-state index contributed by atoms with van der Waals surface area (Å²) in [5.74, 6) is -1.09. The van der Waals surface area contributed by atoms with Crippen molar-refractivity contribution in [1.29, 1.82) is 5.26 Å². The molecule has 168 valence electrons. The Kier molecular flexibility index (Phi) is 5.07. The van der Waals surface area contributed by atoms with E-state index in [1.54, 1.807) is 47.4 Å². The molecule has 3 heterocycles. The maximum Gasteiger partial charge on any atom is 0.301 e. The molecule has 9 nitrogen and oxygen atoms in total. The van der Waals surface area contributed by atoms with Gasteiger partial charge in [0.1, 0.15) is 35.5 Å². The Hall–Kier alpha value is -3.82. The standard InChI is InChI=1S/C21H16F2N6O3S/c22-13-5-7-29(11-13)33(30,31)27-19-4-2-17(23)20(16(19)10-24)32-14-1-3-18-15(9-14)21-25-6-8-28(21)12-26-18/h1-4,6,8-9,12-13,27H,5,7,11H2/t13-/m0/s1. The van der Waals surface area contributed by atoms with Crippen molar-refractivity contribution in [2.24, 2.45) is 0 Å². The van der Waals surface area contributed by atoms with Crippen LogP contribution in [0.25, 0.3) is 16.6 Å². The van der Waals surface area contributed by atoms with Gasteiger partial charge in [0.15, 0.2) is 11.6 Å². The minimum Gasteiger partial charge on any atom is -0.453 e. The first-order valence-electron chi connectivity index (χ1n) is 9.89. The van der Waals surface area contributed by atoms with Crippen LogP contribution in [-0.4, -0.2) is 46.4 Å². The molecule has 1 atom stereocenters. The summed E-state index contributed by atoms with van der Waals surface area (Å²) >= 11 is 0. The number of rotatable bonds is 5. The van der Waals surface area contributed by atoms with Crippen molar-refractivity contribution in [3.63, 3.8) is 0 Å². The van der Waals surface area contributed by atoms with E-state index in [0.717, 1.165) is 16.4 Å². The van der Waals surface area contributed by atoms with Crippen molar-refractivity contribution in [1.82, 2.24) is 18.7 Å². The molecule has 2 aromatic heterocycles. The molecule has 0 saturated carbocycles. The van der Waals surface area contributed by atoms with Crippen LogP contribution in [-0.2, 0) is 10.2 Å². The van der Waals surface area contributed by atoms with Crippen molar-refractivity contribution >= 4 is 32.4 Å². The van der Waals surface area contributed by atoms with E-state index in [-0.39, 0.29) is 36.5 Å². The van der Waals surface area contributed by atoms with Crippen LogP contribution >= 0.6 is 0 Å². The molecular weight excluding hydrogens is 454 g/mol. The smallest absolute Gasteiger partial charge is 0.301 e. The fraction of sp³-hybridized carbons (Fsp3) is 0.190. The van der Waals surface area contributed by atoms with Crippen molar-refractivity contribution in [2.45, 2.75) is 12.6 Å². The molecule has 0 aliphatic carbocycles. The van der Waals surface area contributed by atoms with Gasteiger partial charge in [-0.3, -0.25) is 9.12 Å². The molecule has 2 aromatic carbocycles. The minimum absolute atomic E-state index is 0.0102. The summed E-state index contributed by atoms with van der Waals surface area (Å²) in [7, 11) is -4.13. The van der Waals surface area contributed by atoms with Crippen molar-refractivity contribution in [3.05, 3.63) is 60.4 Å². The Labute approximate surface area is 187 Å². The molecule has 1 fully saturated rings. The average molecular weight is 470 g/mol. The van der Waals surface area contributed by atoms with Crippen LogP contribution in [0.1, 0.15) is 12.0 Å². The largest absolute Gasteiger partial charge is 0.453 e. The normalized spacial score (nSPS) is 16.8. The van der Waals surface area contributed by atoms with Crippen LogP contribution in [0.5, 0.6) is 11.5 Å². The second-order valence-corrected chi connectivity index (χ2v) is 9.12. The summed E-state index contributed by atoms with van der Waals surface area (Å²) in [5, 5.41) is 10.3. The van der Waals surface area contributed by atoms with Crippen LogP contribution in [0.15, 0.2) is 49.1 Å². The summed E-state index contributed by atoms with van der Waals surface area (Å²) in [4.78, 5) is 8.59. The Morgan fingerprint density at radius 1 is 1.24 bits per heavy atom. The van der Waals surface area contributed by atoms with E-state index in [2.05, 4.69) is 14.7 Å². The number of imidazole rings is 1. The first kappa shape index (κ1) is 21.0. The fourth-order valence-corrected chi connectivity index (χ4v) is 4.97. The van der Waals surface area contributed by atoms with E-state index in [9.17, 15) is 22.5 Å². The van der Waals surface area contributed by atoms with Gasteiger partial charge in [0.2, 0.25) is 0 Å². The highest BCUT2D eigenvalue weighted by Crippen LogP contribution is 2.35. The van der Waals surface area contributed by atoms with Gasteiger partial charge < -0.3 is 4.74 Å². The van der Waals surface area contributed by atoms with Crippen LogP contribution in [0, 0.1) is 17.1 Å². The molecule has 1 aliphatic rings. The summed E-state index contributed by atoms with van der Waals surface area (Å²) in [6, 6.07) is 8.73. The SMILES string of the molecule is N#Cc1c(NS(=O)(=O)N2CC[C@H](F)C2)ccc(F)c1Oc1ccc2ncn3ccnc3c2c1. The number of benzene rings is 2. The monoisotopic (exact) mass is 470 g/mol. The Balaban J connectivity index is 1.52. The number of hydrogen-bond acceptors (Lipinski definition) is 6. The summed E-state index contributed by atoms with van der Waals surface area (Å²) < 4.78 is 63.9. The highest BCUT2D eigenvalue weighted by Gasteiger charge is 2.32. The van der Waals surface area contributed by atoms with Crippen LogP contribution in [0.3, 0.4) is 0 Å². The first-order valence-corrected chi connectivity index (χ1v) is 11.3. The molecule has 0 bridgehead atoms. The highest BCUT2D eigenvalue weighted by atomic mass is 32.2. The number of nitrogens with zero attached hydrogens (tertiary/aromatic N) is 5. The number of nitriles is 1. The maximum atomic E-state index is 14.7. The predicted molar refractivity (Wildman–Crippen MR) is 115 cm³/mol. The molecule has 12 heteroatoms. The number of alkyl halides is 1. The van der Waals surface area contributed by atoms with E-state index in [4.69, 9.17) is 4.74 Å². The van der Waals surface area contributed by atoms with Gasteiger partial charge in [-0.15, -0.1) is 0 Å². The van der Waals surface area contributed by atoms with E-state index < -0.39 is 27.9 Å². The van der Waals surface area contributed by atoms with Crippen molar-refractivity contribution in [2.75, 3.05) is 17.8 Å². The molecular formula is C21H16F2N6O3S. The van der Waals surface area contributed by atoms with Gasteiger partial charge >= 0.3 is 10.2 Å². The Morgan fingerprint density at radius 3 is 2.85 bits per heavy atom. The lowest BCUT2D eigenvalue weighted by molar-refractivity contribution is 0.343. The fourth-order valence-electron chi connectivity index (χ4n) is 3.69. The summed E-state index contributed by atoms with van der Waals surface area (Å²) in [6.07, 6.45) is 3.78. The summed E-state index contributed by atoms with van der Waals surface area (Å²) in [6.45, 7) is -0.272. The highest BCUT2D eigenvalue weighted by molar-refractivity contribution is 7.90. The molecule has 0 spiro atoms. The zero-order valence-electron chi connectivity index (χ0n) is 16.9. The van der Waals surface area contributed by atoms with Gasteiger partial charge in [0.05, 0.1) is 11.2 Å². The molecule has 4 aromatic rings. The topological polar surface area (TPSA) is 113 Å². The second kappa shape index (κ2) is 7.95. The third kappa shape index (κ3) is 3.81. The zero-order valence-corrected chi connectivity index (χ0v) is 17.8. The quantitative estimate of drug-likeness (QED) is 0.479. The van der Waals surface area contributed by atoms with E-state index in [0.29, 0.717) is 16.6 Å². The van der Waals surface area contributed by atoms with Crippen LogP contribution in [0.2, 0.25) is 0 Å². The van der Waals surface area contributed by atoms with Gasteiger partial charge in [-0.2, -0.15) is 18.0 Å². The molecule has 1 aliphatic heterocycles. The van der Waals surface area contributed by atoms with E-state index in [1.165, 1.54) is 0 Å². The molecule has 0 amide bonds. The lowest BCUT2D eigenvalue weighted by atomic mass is 10.1. The van der Waals surface area contributed by atoms with Gasteiger partial charge in [-0.05, 0) is 36.8 Å². The van der Waals surface area contributed by atoms with Crippen molar-refractivity contribution < 1.29 is 21.9 Å². The van der Waals surface area contributed by atoms with Crippen molar-refractivity contribution in [3.8, 4) is 17.6 Å². The van der Waals surface area contributed by atoms with E-state index in [1.807, 2.05) is 0 Å². The van der Waals surface area contributed by atoms with Crippen LogP contribution in [0.4, 0.5) is 14.5 Å². The maximum absolute atomic E-state index is 14.7. The Bertz CT molecular complexity index is 1530. The number of ether oxygens (including phenoxy) is 1. The number of nitrogens with one attached hydrogen (secondary N) is 1. The number of anilines is 1. The minimum atomic E-state index is -4.13. The third-order valence-corrected chi connectivity index (χ3v) is 6.80. The van der Waals surface area contributed by atoms with Crippen LogP contribution < -0.4 is 9.46 Å². The molecule has 0 unspecified atom stereocenters. The first-order chi connectivity index (χ1) is 15.9. The predicted octanol–water partition coefficient (Wildman–Crippen LogP) is 3.39. The number of halogens is 2. The van der Waals surface area contributed by atoms with Gasteiger partial charge in [0, 0.05) is 30.9 Å². The van der Waals surface area contributed by atoms with Gasteiger partial charge in [0.25, 0.3) is 0 Å². The van der Waals surface area contributed by atoms with E-state index >= 15 is 0 Å². The lowest BCUT2D eigenvalue weighted by Gasteiger charge is -2.18. The lowest BCUT2D eigenvalue weighted by Crippen LogP contribution is -2.34. The Morgan fingerprint density at radius 2 is 2.09 bits per heavy atom. The molecule has 0 radical (unpaired) electrons. The third-order valence-electron chi connectivity index (χ3n) is 5.31. The zero-order chi connectivity index (χ0) is 23.2. The summed E-state index contributed by atoms with van der Waals surface area (Å²) in [5.41, 5.74) is 0.742. The number of fused-ring (bicyclic) bond motifs is 3.